The topological polar surface area (TPSA) is 71.0 Å². The molecule has 0 radical (unpaired) electrons. The molecule has 0 saturated heterocycles. The predicted octanol–water partition coefficient (Wildman–Crippen LogP) is 1.77. The number of aromatic nitrogens is 3. The van der Waals surface area contributed by atoms with Gasteiger partial charge in [0, 0.05) is 26.3 Å². The summed E-state index contributed by atoms with van der Waals surface area (Å²) in [6.07, 6.45) is 3.99. The van der Waals surface area contributed by atoms with Crippen molar-refractivity contribution in [3.63, 3.8) is 0 Å². The summed E-state index contributed by atoms with van der Waals surface area (Å²) >= 11 is 0. The average molecular weight is 290 g/mol. The van der Waals surface area contributed by atoms with Gasteiger partial charge in [-0.2, -0.15) is 5.10 Å². The van der Waals surface area contributed by atoms with Crippen LogP contribution in [0.15, 0.2) is 17.2 Å². The minimum absolute atomic E-state index is 0.181. The number of fused-ring (bicyclic) bond motifs is 1. The van der Waals surface area contributed by atoms with Crippen LogP contribution < -0.4 is 5.43 Å². The molecule has 1 N–H and O–H groups in total. The van der Waals surface area contributed by atoms with Crippen LogP contribution in [0.1, 0.15) is 37.6 Å². The second kappa shape index (κ2) is 6.11. The number of rotatable bonds is 5. The number of carbonyl (C=O) groups is 1. The van der Waals surface area contributed by atoms with Gasteiger partial charge in [0.25, 0.3) is 5.91 Å². The maximum atomic E-state index is 12.6. The van der Waals surface area contributed by atoms with Crippen LogP contribution in [0.25, 0.3) is 11.0 Å². The molecule has 0 aliphatic carbocycles. The molecule has 0 spiro atoms. The van der Waals surface area contributed by atoms with Crippen molar-refractivity contribution in [1.82, 2.24) is 19.7 Å². The standard InChI is InChI=1S/C15H22N4O2/c1-5-10(3)9-19(6-2)15(21)12-7-16-14-11(13(12)20)8-17-18(14)4/h7-8,10H,5-6,9H2,1-4H3,(H,16,20)/t10-/m1/s1. The van der Waals surface area contributed by atoms with Gasteiger partial charge in [-0.15, -0.1) is 0 Å². The smallest absolute Gasteiger partial charge is 0.259 e. The second-order valence-corrected chi connectivity index (χ2v) is 5.42. The van der Waals surface area contributed by atoms with E-state index in [4.69, 9.17) is 0 Å². The Labute approximate surface area is 123 Å². The molecule has 0 aliphatic rings. The highest BCUT2D eigenvalue weighted by molar-refractivity contribution is 5.96. The SMILES string of the molecule is CC[C@@H](C)CN(CC)C(=O)c1c[nH]c2c(cnn2C)c1=O. The summed E-state index contributed by atoms with van der Waals surface area (Å²) in [4.78, 5) is 29.7. The first-order valence-corrected chi connectivity index (χ1v) is 7.32. The highest BCUT2D eigenvalue weighted by Crippen LogP contribution is 2.10. The fraction of sp³-hybridized carbons (Fsp3) is 0.533. The highest BCUT2D eigenvalue weighted by Gasteiger charge is 2.20. The van der Waals surface area contributed by atoms with Crippen molar-refractivity contribution in [2.24, 2.45) is 13.0 Å². The minimum Gasteiger partial charge on any atom is -0.345 e. The van der Waals surface area contributed by atoms with Gasteiger partial charge in [-0.3, -0.25) is 14.3 Å². The first-order valence-electron chi connectivity index (χ1n) is 7.32. The number of nitrogens with zero attached hydrogens (tertiary/aromatic N) is 3. The number of nitrogens with one attached hydrogen (secondary N) is 1. The van der Waals surface area contributed by atoms with Crippen molar-refractivity contribution < 1.29 is 4.79 Å². The van der Waals surface area contributed by atoms with Gasteiger partial charge in [-0.05, 0) is 12.8 Å². The predicted molar refractivity (Wildman–Crippen MR) is 82.4 cm³/mol. The summed E-state index contributed by atoms with van der Waals surface area (Å²) < 4.78 is 1.59. The maximum Gasteiger partial charge on any atom is 0.259 e. The van der Waals surface area contributed by atoms with E-state index < -0.39 is 0 Å². The minimum atomic E-state index is -0.260. The largest absolute Gasteiger partial charge is 0.345 e. The van der Waals surface area contributed by atoms with E-state index in [0.717, 1.165) is 6.42 Å². The van der Waals surface area contributed by atoms with Crippen LogP contribution >= 0.6 is 0 Å². The number of aryl methyl sites for hydroxylation is 1. The van der Waals surface area contributed by atoms with Crippen LogP contribution in [0.2, 0.25) is 0 Å². The van der Waals surface area contributed by atoms with Gasteiger partial charge < -0.3 is 9.88 Å². The van der Waals surface area contributed by atoms with E-state index >= 15 is 0 Å². The van der Waals surface area contributed by atoms with Crippen molar-refractivity contribution in [3.05, 3.63) is 28.2 Å². The monoisotopic (exact) mass is 290 g/mol. The number of pyridine rings is 1. The van der Waals surface area contributed by atoms with Crippen LogP contribution in [-0.2, 0) is 7.05 Å². The van der Waals surface area contributed by atoms with Crippen LogP contribution in [0, 0.1) is 5.92 Å². The molecule has 2 aromatic rings. The molecule has 0 fully saturated rings. The van der Waals surface area contributed by atoms with Crippen molar-refractivity contribution in [2.45, 2.75) is 27.2 Å². The first-order chi connectivity index (χ1) is 9.99. The molecule has 2 heterocycles. The van der Waals surface area contributed by atoms with E-state index in [-0.39, 0.29) is 16.9 Å². The molecule has 2 aromatic heterocycles. The third-order valence-corrected chi connectivity index (χ3v) is 3.91. The summed E-state index contributed by atoms with van der Waals surface area (Å²) in [5.74, 6) is 0.194. The molecule has 2 rings (SSSR count). The van der Waals surface area contributed by atoms with Crippen molar-refractivity contribution >= 4 is 16.9 Å². The number of carbonyl (C=O) groups excluding carboxylic acids is 1. The normalized spacial score (nSPS) is 12.6. The number of aromatic amines is 1. The van der Waals surface area contributed by atoms with Gasteiger partial charge in [0.05, 0.1) is 11.6 Å². The fourth-order valence-electron chi connectivity index (χ4n) is 2.32. The van der Waals surface area contributed by atoms with E-state index in [1.54, 1.807) is 16.6 Å². The van der Waals surface area contributed by atoms with E-state index in [1.165, 1.54) is 12.4 Å². The Morgan fingerprint density at radius 2 is 2.19 bits per heavy atom. The Morgan fingerprint density at radius 1 is 1.48 bits per heavy atom. The maximum absolute atomic E-state index is 12.6. The molecule has 6 nitrogen and oxygen atoms in total. The summed E-state index contributed by atoms with van der Waals surface area (Å²) in [5, 5.41) is 4.49. The Balaban J connectivity index is 2.38. The zero-order valence-corrected chi connectivity index (χ0v) is 13.0. The van der Waals surface area contributed by atoms with Crippen LogP contribution in [-0.4, -0.2) is 38.7 Å². The van der Waals surface area contributed by atoms with Gasteiger partial charge in [0.1, 0.15) is 11.2 Å². The molecule has 0 saturated carbocycles. The Hall–Kier alpha value is -2.11. The summed E-state index contributed by atoms with van der Waals surface area (Å²) in [7, 11) is 1.75. The number of hydrogen-bond donors (Lipinski definition) is 1. The van der Waals surface area contributed by atoms with Crippen molar-refractivity contribution in [1.29, 1.82) is 0 Å². The fourth-order valence-corrected chi connectivity index (χ4v) is 2.32. The van der Waals surface area contributed by atoms with Gasteiger partial charge in [0.2, 0.25) is 5.43 Å². The summed E-state index contributed by atoms with van der Waals surface area (Å²) in [5.41, 5.74) is 0.548. The quantitative estimate of drug-likeness (QED) is 0.912. The molecule has 1 atom stereocenters. The van der Waals surface area contributed by atoms with Gasteiger partial charge >= 0.3 is 0 Å². The number of H-pyrrole nitrogens is 1. The molecule has 114 valence electrons. The van der Waals surface area contributed by atoms with Gasteiger partial charge in [-0.25, -0.2) is 0 Å². The third-order valence-electron chi connectivity index (χ3n) is 3.91. The molecule has 0 aromatic carbocycles. The molecule has 6 heteroatoms. The van der Waals surface area contributed by atoms with E-state index in [0.29, 0.717) is 30.0 Å². The van der Waals surface area contributed by atoms with Crippen LogP contribution in [0.5, 0.6) is 0 Å². The average Bonchev–Trinajstić information content (AvgIpc) is 2.86. The van der Waals surface area contributed by atoms with E-state index in [2.05, 4.69) is 23.9 Å². The molecule has 0 aliphatic heterocycles. The molecule has 0 bridgehead atoms. The number of amides is 1. The molecule has 0 unspecified atom stereocenters. The summed E-state index contributed by atoms with van der Waals surface area (Å²) in [6, 6.07) is 0. The lowest BCUT2D eigenvalue weighted by Gasteiger charge is -2.23. The van der Waals surface area contributed by atoms with Crippen LogP contribution in [0.4, 0.5) is 0 Å². The molecule has 21 heavy (non-hydrogen) atoms. The summed E-state index contributed by atoms with van der Waals surface area (Å²) in [6.45, 7) is 7.38. The Morgan fingerprint density at radius 3 is 2.81 bits per heavy atom. The molecule has 1 amide bonds. The lowest BCUT2D eigenvalue weighted by molar-refractivity contribution is 0.0739. The first kappa shape index (κ1) is 15.3. The number of hydrogen-bond acceptors (Lipinski definition) is 3. The van der Waals surface area contributed by atoms with Gasteiger partial charge in [-0.1, -0.05) is 20.3 Å². The molecular formula is C15H22N4O2. The zero-order chi connectivity index (χ0) is 15.6. The zero-order valence-electron chi connectivity index (χ0n) is 13.0. The Kier molecular flexibility index (Phi) is 4.45. The van der Waals surface area contributed by atoms with Crippen LogP contribution in [0.3, 0.4) is 0 Å². The van der Waals surface area contributed by atoms with E-state index in [9.17, 15) is 9.59 Å². The Bertz CT molecular complexity index is 701. The van der Waals surface area contributed by atoms with E-state index in [1.807, 2.05) is 6.92 Å². The lowest BCUT2D eigenvalue weighted by atomic mass is 10.1. The van der Waals surface area contributed by atoms with Crippen molar-refractivity contribution in [2.75, 3.05) is 13.1 Å². The third kappa shape index (κ3) is 2.84. The second-order valence-electron chi connectivity index (χ2n) is 5.42. The highest BCUT2D eigenvalue weighted by atomic mass is 16.2. The lowest BCUT2D eigenvalue weighted by Crippen LogP contribution is -2.37. The van der Waals surface area contributed by atoms with Gasteiger partial charge in [0.15, 0.2) is 0 Å². The molecular weight excluding hydrogens is 268 g/mol. The van der Waals surface area contributed by atoms with Crippen molar-refractivity contribution in [3.8, 4) is 0 Å².